The lowest BCUT2D eigenvalue weighted by Gasteiger charge is -2.17. The van der Waals surface area contributed by atoms with E-state index >= 15 is 0 Å². The minimum absolute atomic E-state index is 0.165. The molecule has 0 radical (unpaired) electrons. The summed E-state index contributed by atoms with van der Waals surface area (Å²) in [6.45, 7) is 6.54. The van der Waals surface area contributed by atoms with Crippen LogP contribution >= 0.6 is 0 Å². The molecule has 0 atom stereocenters. The number of hydrogen-bond acceptors (Lipinski definition) is 4. The third kappa shape index (κ3) is 4.52. The van der Waals surface area contributed by atoms with Gasteiger partial charge in [0.2, 0.25) is 0 Å². The molecule has 26 heavy (non-hydrogen) atoms. The number of carbonyl (C=O) groups is 2. The molecule has 0 aliphatic rings. The van der Waals surface area contributed by atoms with Gasteiger partial charge in [-0.1, -0.05) is 29.8 Å². The molecule has 6 heteroatoms. The van der Waals surface area contributed by atoms with Crippen LogP contribution in [-0.2, 0) is 16.0 Å². The maximum Gasteiger partial charge on any atom is 0.340 e. The molecule has 2 aromatic rings. The third-order valence-corrected chi connectivity index (χ3v) is 4.26. The van der Waals surface area contributed by atoms with Gasteiger partial charge in [-0.2, -0.15) is 0 Å². The second-order valence-electron chi connectivity index (χ2n) is 6.40. The molecule has 0 saturated heterocycles. The molecule has 6 nitrogen and oxygen atoms in total. The van der Waals surface area contributed by atoms with Crippen molar-refractivity contribution in [1.82, 2.24) is 9.88 Å². The molecule has 1 aromatic carbocycles. The van der Waals surface area contributed by atoms with Crippen LogP contribution in [0.1, 0.15) is 43.2 Å². The third-order valence-electron chi connectivity index (χ3n) is 4.26. The second-order valence-corrected chi connectivity index (χ2v) is 6.40. The molecule has 0 unspecified atom stereocenters. The zero-order valence-electron chi connectivity index (χ0n) is 16.0. The Morgan fingerprint density at radius 3 is 2.35 bits per heavy atom. The van der Waals surface area contributed by atoms with E-state index in [9.17, 15) is 9.59 Å². The molecule has 1 amide bonds. The number of nitrogens with one attached hydrogen (secondary N) is 1. The number of benzene rings is 1. The Balaban J connectivity index is 2.14. The van der Waals surface area contributed by atoms with Crippen molar-refractivity contribution in [2.45, 2.75) is 27.3 Å². The van der Waals surface area contributed by atoms with Crippen molar-refractivity contribution in [2.75, 3.05) is 27.4 Å². The van der Waals surface area contributed by atoms with Crippen molar-refractivity contribution in [3.8, 4) is 0 Å². The molecule has 1 heterocycles. The maximum absolute atomic E-state index is 12.8. The van der Waals surface area contributed by atoms with Crippen molar-refractivity contribution in [3.05, 3.63) is 57.9 Å². The monoisotopic (exact) mass is 358 g/mol. The number of methoxy groups -OCH3 is 1. The van der Waals surface area contributed by atoms with Crippen LogP contribution in [0.2, 0.25) is 0 Å². The molecule has 0 aliphatic carbocycles. The fraction of sp³-hybridized carbons (Fsp3) is 0.400. The summed E-state index contributed by atoms with van der Waals surface area (Å²) in [4.78, 5) is 29.7. The Labute approximate surface area is 154 Å². The van der Waals surface area contributed by atoms with Crippen molar-refractivity contribution in [1.29, 1.82) is 0 Å². The van der Waals surface area contributed by atoms with Crippen molar-refractivity contribution in [2.24, 2.45) is 0 Å². The molecule has 2 rings (SSSR count). The topological polar surface area (TPSA) is 71.6 Å². The van der Waals surface area contributed by atoms with Crippen LogP contribution < -0.4 is 0 Å². The zero-order valence-corrected chi connectivity index (χ0v) is 16.0. The fourth-order valence-corrected chi connectivity index (χ4v) is 2.79. The molecule has 140 valence electrons. The smallest absolute Gasteiger partial charge is 0.340 e. The van der Waals surface area contributed by atoms with E-state index in [1.54, 1.807) is 32.9 Å². The molecule has 1 N–H and O–H groups in total. The minimum atomic E-state index is -0.450. The summed E-state index contributed by atoms with van der Waals surface area (Å²) in [6.07, 6.45) is 0. The predicted molar refractivity (Wildman–Crippen MR) is 99.4 cm³/mol. The summed E-state index contributed by atoms with van der Waals surface area (Å²) in [5.74, 6) is -0.615. The van der Waals surface area contributed by atoms with Gasteiger partial charge < -0.3 is 19.4 Å². The Morgan fingerprint density at radius 1 is 1.08 bits per heavy atom. The summed E-state index contributed by atoms with van der Waals surface area (Å²) in [7, 11) is 3.29. The number of nitrogens with zero attached hydrogens (tertiary/aromatic N) is 1. The number of rotatable bonds is 7. The van der Waals surface area contributed by atoms with E-state index in [0.29, 0.717) is 35.7 Å². The SMILES string of the molecule is COCCOC(=O)c1c(C)[nH]c(C(=O)N(C)Cc2ccc(C)cc2)c1C. The normalized spacial score (nSPS) is 10.7. The van der Waals surface area contributed by atoms with Gasteiger partial charge in [0.15, 0.2) is 0 Å². The standard InChI is InChI=1S/C20H26N2O4/c1-13-6-8-16(9-7-13)12-22(4)19(23)18-14(2)17(15(3)21-18)20(24)26-11-10-25-5/h6-9,21H,10-12H2,1-5H3. The van der Waals surface area contributed by atoms with Gasteiger partial charge in [-0.15, -0.1) is 0 Å². The van der Waals surface area contributed by atoms with Gasteiger partial charge >= 0.3 is 5.97 Å². The second kappa shape index (κ2) is 8.67. The molecule has 0 saturated carbocycles. The number of H-pyrrole nitrogens is 1. The van der Waals surface area contributed by atoms with E-state index in [1.807, 2.05) is 31.2 Å². The lowest BCUT2D eigenvalue weighted by molar-refractivity contribution is 0.0387. The first kappa shape index (κ1) is 19.7. The molecular weight excluding hydrogens is 332 g/mol. The van der Waals surface area contributed by atoms with Gasteiger partial charge in [-0.3, -0.25) is 4.79 Å². The van der Waals surface area contributed by atoms with Crippen LogP contribution in [-0.4, -0.2) is 49.1 Å². The zero-order chi connectivity index (χ0) is 19.3. The molecule has 0 fully saturated rings. The van der Waals surface area contributed by atoms with Crippen LogP contribution in [0.4, 0.5) is 0 Å². The highest BCUT2D eigenvalue weighted by Crippen LogP contribution is 2.21. The maximum atomic E-state index is 12.8. The van der Waals surface area contributed by atoms with Crippen LogP contribution in [0, 0.1) is 20.8 Å². The van der Waals surface area contributed by atoms with Gasteiger partial charge in [0.1, 0.15) is 12.3 Å². The number of aromatic amines is 1. The minimum Gasteiger partial charge on any atom is -0.460 e. The van der Waals surface area contributed by atoms with Crippen molar-refractivity contribution in [3.63, 3.8) is 0 Å². The largest absolute Gasteiger partial charge is 0.460 e. The fourth-order valence-electron chi connectivity index (χ4n) is 2.79. The molecule has 0 aliphatic heterocycles. The molecular formula is C20H26N2O4. The van der Waals surface area contributed by atoms with Crippen LogP contribution in [0.3, 0.4) is 0 Å². The van der Waals surface area contributed by atoms with E-state index in [0.717, 1.165) is 5.56 Å². The number of carbonyl (C=O) groups excluding carboxylic acids is 2. The molecule has 0 spiro atoms. The summed E-state index contributed by atoms with van der Waals surface area (Å²) in [6, 6.07) is 8.05. The number of amides is 1. The summed E-state index contributed by atoms with van der Waals surface area (Å²) in [5, 5.41) is 0. The van der Waals surface area contributed by atoms with E-state index in [1.165, 1.54) is 5.56 Å². The number of ether oxygens (including phenoxy) is 2. The number of hydrogen-bond donors (Lipinski definition) is 1. The first-order valence-electron chi connectivity index (χ1n) is 8.51. The average Bonchev–Trinajstić information content (AvgIpc) is 2.90. The van der Waals surface area contributed by atoms with E-state index in [4.69, 9.17) is 9.47 Å². The van der Waals surface area contributed by atoms with Crippen LogP contribution in [0.15, 0.2) is 24.3 Å². The highest BCUT2D eigenvalue weighted by molar-refractivity contribution is 6.00. The first-order valence-corrected chi connectivity index (χ1v) is 8.51. The average molecular weight is 358 g/mol. The Morgan fingerprint density at radius 2 is 1.73 bits per heavy atom. The van der Waals surface area contributed by atoms with E-state index in [2.05, 4.69) is 4.98 Å². The van der Waals surface area contributed by atoms with Crippen molar-refractivity contribution >= 4 is 11.9 Å². The lowest BCUT2D eigenvalue weighted by Crippen LogP contribution is -2.27. The van der Waals surface area contributed by atoms with Crippen LogP contribution in [0.25, 0.3) is 0 Å². The van der Waals surface area contributed by atoms with Crippen LogP contribution in [0.5, 0.6) is 0 Å². The molecule has 0 bridgehead atoms. The summed E-state index contributed by atoms with van der Waals surface area (Å²) >= 11 is 0. The molecule has 1 aromatic heterocycles. The number of aromatic nitrogens is 1. The number of esters is 1. The number of aryl methyl sites for hydroxylation is 2. The Kier molecular flexibility index (Phi) is 6.58. The first-order chi connectivity index (χ1) is 12.3. The lowest BCUT2D eigenvalue weighted by atomic mass is 10.1. The van der Waals surface area contributed by atoms with Gasteiger partial charge in [0, 0.05) is 26.4 Å². The van der Waals surface area contributed by atoms with Gasteiger partial charge in [-0.25, -0.2) is 4.79 Å². The van der Waals surface area contributed by atoms with E-state index in [-0.39, 0.29) is 12.5 Å². The Hall–Kier alpha value is -2.60. The van der Waals surface area contributed by atoms with E-state index < -0.39 is 5.97 Å². The highest BCUT2D eigenvalue weighted by Gasteiger charge is 2.24. The van der Waals surface area contributed by atoms with Gasteiger partial charge in [-0.05, 0) is 31.9 Å². The van der Waals surface area contributed by atoms with Gasteiger partial charge in [0.25, 0.3) is 5.91 Å². The summed E-state index contributed by atoms with van der Waals surface area (Å²) in [5.41, 5.74) is 4.27. The predicted octanol–water partition coefficient (Wildman–Crippen LogP) is 3.02. The summed E-state index contributed by atoms with van der Waals surface area (Å²) < 4.78 is 10.1. The van der Waals surface area contributed by atoms with Gasteiger partial charge in [0.05, 0.1) is 12.2 Å². The van der Waals surface area contributed by atoms with Crippen molar-refractivity contribution < 1.29 is 19.1 Å². The Bertz CT molecular complexity index is 778. The highest BCUT2D eigenvalue weighted by atomic mass is 16.6. The quantitative estimate of drug-likeness (QED) is 0.610.